The van der Waals surface area contributed by atoms with Gasteiger partial charge in [-0.05, 0) is 103 Å². The molecule has 6 heterocycles. The minimum absolute atomic E-state index is 0. The lowest BCUT2D eigenvalue weighted by atomic mass is 9.28. The highest BCUT2D eigenvalue weighted by molar-refractivity contribution is 7.37. The van der Waals surface area contributed by atoms with Crippen LogP contribution in [0.2, 0.25) is 13.6 Å². The topological polar surface area (TPSA) is 98.9 Å². The van der Waals surface area contributed by atoms with E-state index in [0.717, 1.165) is 100.0 Å². The molecule has 342 valence electrons. The fourth-order valence-corrected chi connectivity index (χ4v) is 10.1. The molecule has 0 aliphatic carbocycles. The summed E-state index contributed by atoms with van der Waals surface area (Å²) in [6.07, 6.45) is 4.26. The molecule has 68 heavy (non-hydrogen) atoms. The summed E-state index contributed by atoms with van der Waals surface area (Å²) in [5, 5.41) is 6.34. The third kappa shape index (κ3) is 11.1. The molecule has 4 aliphatic heterocycles. The zero-order valence-electron chi connectivity index (χ0n) is 38.8. The lowest BCUT2D eigenvalue weighted by Gasteiger charge is -2.05. The first-order valence-electron chi connectivity index (χ1n) is 22.4. The molecule has 0 saturated heterocycles. The molecule has 0 bridgehead atoms. The standard InChI is InChI=1S/C17H12B3FN2S2.C12H15BFN2.C10H11BFN2.C9H9FN2.CH4/c1-2-9-3-4-12(24-9)10-7-11(21)15(17-16(10)22-8-23-17)13-5-6-14(25-13)19-20-18;1-3-4-8-5-10(14)9(6-13-2)12-11(8)15-7-16-12;1-3-6-4-7(12)8(11-2)10-9(6)13-5-14-10;1-5-3-7(10)6(2)9-8(5)11-4-12-9;/h3-7H,2,8H2,1H3;5H,3-4,6-7H2,1-2H3;4H,3,5H2,1-2H3;3H,4H2,1-2H3;1H4. The SMILES string of the molecule is C.C[B]Cc1c(F)cc(CCC)c2c1=NCN=2.C[B]c1c(F)cc(CC)c2c1=NCN=2.Cc1cc(F)c(C)c2c1=NCN=2.[B][B][B]c1ccc(-c2c(F)cc(-c3ccc(CC)s3)c3c2=NCN=3)s1. The summed E-state index contributed by atoms with van der Waals surface area (Å²) < 4.78 is 56.6. The van der Waals surface area contributed by atoms with Crippen molar-refractivity contribution < 1.29 is 17.6 Å². The van der Waals surface area contributed by atoms with Crippen LogP contribution in [0.3, 0.4) is 0 Å². The largest absolute Gasteiger partial charge is 0.260 e. The van der Waals surface area contributed by atoms with Gasteiger partial charge in [-0.1, -0.05) is 60.7 Å². The molecule has 0 amide bonds. The first-order chi connectivity index (χ1) is 32.5. The van der Waals surface area contributed by atoms with E-state index in [4.69, 9.17) is 7.74 Å². The number of fused-ring (bicyclic) bond motifs is 4. The molecule has 6 aromatic rings. The van der Waals surface area contributed by atoms with Crippen LogP contribution in [0, 0.1) is 37.1 Å². The second-order valence-corrected chi connectivity index (χ2v) is 18.1. The summed E-state index contributed by atoms with van der Waals surface area (Å²) in [7, 11) is 12.4. The van der Waals surface area contributed by atoms with Crippen LogP contribution in [0.1, 0.15) is 67.3 Å². The summed E-state index contributed by atoms with van der Waals surface area (Å²) in [6.45, 7) is 15.2. The van der Waals surface area contributed by atoms with Gasteiger partial charge in [-0.3, -0.25) is 39.9 Å². The number of hydrogen-bond donors (Lipinski definition) is 0. The summed E-state index contributed by atoms with van der Waals surface area (Å²) in [5.74, 6) is -0.775. The molecular formula is C49H51B5F4N8S2. The van der Waals surface area contributed by atoms with Gasteiger partial charge >= 0.3 is 0 Å². The minimum Gasteiger partial charge on any atom is -0.260 e. The Morgan fingerprint density at radius 2 is 1.22 bits per heavy atom. The molecule has 6 radical (unpaired) electrons. The van der Waals surface area contributed by atoms with E-state index in [0.29, 0.717) is 60.5 Å². The maximum absolute atomic E-state index is 15.0. The van der Waals surface area contributed by atoms with E-state index in [1.54, 1.807) is 50.9 Å². The number of halogens is 4. The number of nitrogens with zero attached hydrogens (tertiary/aromatic N) is 8. The molecule has 4 aromatic carbocycles. The van der Waals surface area contributed by atoms with Gasteiger partial charge < -0.3 is 0 Å². The Kier molecular flexibility index (Phi) is 18.3. The van der Waals surface area contributed by atoms with Crippen LogP contribution in [0.15, 0.2) is 88.5 Å². The van der Waals surface area contributed by atoms with Crippen LogP contribution in [-0.2, 0) is 25.6 Å². The average Bonchev–Trinajstić information content (AvgIpc) is 4.18. The number of benzene rings is 4. The zero-order valence-corrected chi connectivity index (χ0v) is 40.4. The quantitative estimate of drug-likeness (QED) is 0.134. The van der Waals surface area contributed by atoms with E-state index in [1.165, 1.54) is 29.3 Å². The Labute approximate surface area is 407 Å². The molecule has 0 atom stereocenters. The van der Waals surface area contributed by atoms with Crippen LogP contribution in [-0.4, -0.2) is 63.2 Å². The van der Waals surface area contributed by atoms with Gasteiger partial charge in [-0.2, -0.15) is 11.3 Å². The van der Waals surface area contributed by atoms with Crippen LogP contribution >= 0.6 is 22.7 Å². The fraction of sp³-hybridized carbons (Fsp3) is 0.347. The van der Waals surface area contributed by atoms with Crippen molar-refractivity contribution in [3.05, 3.63) is 147 Å². The number of thiophene rings is 2. The lowest BCUT2D eigenvalue weighted by molar-refractivity contribution is 0.609. The van der Waals surface area contributed by atoms with Crippen molar-refractivity contribution in [3.63, 3.8) is 0 Å². The molecule has 0 unspecified atom stereocenters. The summed E-state index contributed by atoms with van der Waals surface area (Å²) in [6, 6.07) is 14.3. The van der Waals surface area contributed by atoms with Gasteiger partial charge in [0.25, 0.3) is 0 Å². The first-order valence-corrected chi connectivity index (χ1v) is 24.0. The number of rotatable bonds is 11. The molecule has 0 saturated carbocycles. The molecule has 0 fully saturated rings. The Bertz CT molecular complexity index is 3370. The highest BCUT2D eigenvalue weighted by atomic mass is 32.1. The van der Waals surface area contributed by atoms with Crippen LogP contribution in [0.4, 0.5) is 17.6 Å². The Balaban J connectivity index is 0.000000155. The highest BCUT2D eigenvalue weighted by Crippen LogP contribution is 2.30. The molecule has 8 nitrogen and oxygen atoms in total. The second-order valence-electron chi connectivity index (χ2n) is 15.8. The average molecular weight is 946 g/mol. The van der Waals surface area contributed by atoms with Gasteiger partial charge in [0, 0.05) is 46.1 Å². The van der Waals surface area contributed by atoms with E-state index >= 15 is 4.39 Å². The van der Waals surface area contributed by atoms with Gasteiger partial charge in [-0.15, -0.1) is 11.3 Å². The van der Waals surface area contributed by atoms with Crippen molar-refractivity contribution in [3.8, 4) is 20.9 Å². The van der Waals surface area contributed by atoms with Gasteiger partial charge in [0.05, 0.1) is 48.4 Å². The number of aryl methyl sites for hydroxylation is 4. The molecule has 19 heteroatoms. The lowest BCUT2D eigenvalue weighted by Crippen LogP contribution is -2.44. The molecular weight excluding hydrogens is 895 g/mol. The maximum atomic E-state index is 15.0. The summed E-state index contributed by atoms with van der Waals surface area (Å²) >= 11 is 3.18. The second kappa shape index (κ2) is 23.8. The predicted molar refractivity (Wildman–Crippen MR) is 273 cm³/mol. The van der Waals surface area contributed by atoms with Crippen molar-refractivity contribution in [1.29, 1.82) is 0 Å². The summed E-state index contributed by atoms with van der Waals surface area (Å²) in [4.78, 5) is 37.5. The highest BCUT2D eigenvalue weighted by Gasteiger charge is 2.20. The van der Waals surface area contributed by atoms with Crippen molar-refractivity contribution in [2.75, 3.05) is 26.7 Å². The normalized spacial score (nSPS) is 12.7. The third-order valence-corrected chi connectivity index (χ3v) is 13.8. The van der Waals surface area contributed by atoms with Crippen LogP contribution in [0.25, 0.3) is 20.9 Å². The van der Waals surface area contributed by atoms with Gasteiger partial charge in [0.15, 0.2) is 7.28 Å². The zero-order chi connectivity index (χ0) is 47.8. The third-order valence-electron chi connectivity index (χ3n) is 11.5. The smallest absolute Gasteiger partial charge is 0.155 e. The van der Waals surface area contributed by atoms with Gasteiger partial charge in [-0.25, -0.2) is 17.6 Å². The van der Waals surface area contributed by atoms with Crippen LogP contribution < -0.4 is 53.1 Å². The number of hydrogen-bond acceptors (Lipinski definition) is 10. The van der Waals surface area contributed by atoms with Crippen molar-refractivity contribution in [2.45, 2.75) is 87.7 Å². The monoisotopic (exact) mass is 946 g/mol. The van der Waals surface area contributed by atoms with E-state index in [9.17, 15) is 13.2 Å². The van der Waals surface area contributed by atoms with E-state index in [1.807, 2.05) is 53.0 Å². The maximum Gasteiger partial charge on any atom is 0.155 e. The Morgan fingerprint density at radius 1 is 0.603 bits per heavy atom. The fourth-order valence-electron chi connectivity index (χ4n) is 8.19. The van der Waals surface area contributed by atoms with Gasteiger partial charge in [0.1, 0.15) is 64.4 Å². The van der Waals surface area contributed by atoms with Crippen molar-refractivity contribution in [2.24, 2.45) is 39.9 Å². The predicted octanol–water partition coefficient (Wildman–Crippen LogP) is 4.59. The van der Waals surface area contributed by atoms with Crippen molar-refractivity contribution in [1.82, 2.24) is 0 Å². The molecule has 0 spiro atoms. The van der Waals surface area contributed by atoms with E-state index < -0.39 is 0 Å². The molecule has 2 aromatic heterocycles. The summed E-state index contributed by atoms with van der Waals surface area (Å²) in [5.41, 5.74) is 6.07. The first kappa shape index (κ1) is 52.1. The van der Waals surface area contributed by atoms with E-state index in [-0.39, 0.29) is 30.7 Å². The minimum atomic E-state index is -0.258. The van der Waals surface area contributed by atoms with Gasteiger partial charge in [0.2, 0.25) is 0 Å². The molecule has 0 N–H and O–H groups in total. The molecule has 10 rings (SSSR count). The van der Waals surface area contributed by atoms with E-state index in [2.05, 4.69) is 59.9 Å². The van der Waals surface area contributed by atoms with Crippen LogP contribution in [0.5, 0.6) is 0 Å². The Hall–Kier alpha value is -5.28. The molecule has 4 aliphatic rings. The Morgan fingerprint density at radius 3 is 1.87 bits per heavy atom. The van der Waals surface area contributed by atoms with Crippen molar-refractivity contribution >= 4 is 69.4 Å².